The van der Waals surface area contributed by atoms with E-state index >= 15 is 0 Å². The zero-order chi connectivity index (χ0) is 16.2. The average molecular weight is 334 g/mol. The fourth-order valence-electron chi connectivity index (χ4n) is 1.61. The van der Waals surface area contributed by atoms with Crippen molar-refractivity contribution >= 4 is 35.1 Å². The predicted octanol–water partition coefficient (Wildman–Crippen LogP) is 3.10. The molecule has 1 amide bonds. The Kier molecular flexibility index (Phi) is 6.01. The molecule has 0 radical (unpaired) electrons. The number of halogens is 2. The summed E-state index contributed by atoms with van der Waals surface area (Å²) in [7, 11) is 0. The van der Waals surface area contributed by atoms with Crippen LogP contribution in [0.2, 0.25) is 10.0 Å². The summed E-state index contributed by atoms with van der Waals surface area (Å²) in [4.78, 5) is 23.8. The quantitative estimate of drug-likeness (QED) is 0.510. The molecular weight excluding hydrogens is 317 g/mol. The number of rotatable bonds is 5. The Morgan fingerprint density at radius 3 is 2.48 bits per heavy atom. The van der Waals surface area contributed by atoms with Crippen molar-refractivity contribution in [2.75, 3.05) is 6.61 Å². The van der Waals surface area contributed by atoms with E-state index in [9.17, 15) is 14.8 Å². The van der Waals surface area contributed by atoms with Crippen molar-refractivity contribution in [3.8, 4) is 0 Å². The Bertz CT molecular complexity index is 546. The van der Waals surface area contributed by atoms with Gasteiger partial charge >= 0.3 is 5.97 Å². The molecule has 0 aromatic heterocycles. The number of hydroxylamine groups is 2. The van der Waals surface area contributed by atoms with Crippen LogP contribution in [-0.2, 0) is 20.7 Å². The van der Waals surface area contributed by atoms with Gasteiger partial charge in [0.1, 0.15) is 0 Å². The van der Waals surface area contributed by atoms with E-state index in [4.69, 9.17) is 27.9 Å². The number of hydrogen-bond acceptors (Lipinski definition) is 4. The Hall–Kier alpha value is -1.30. The summed E-state index contributed by atoms with van der Waals surface area (Å²) in [6.45, 7) is 4.59. The third-order valence-corrected chi connectivity index (χ3v) is 3.48. The van der Waals surface area contributed by atoms with Crippen LogP contribution in [0.4, 0.5) is 0 Å². The standard InChI is InChI=1S/C14H17Cl2NO4/c1-4-21-13(19)14(2,3)17(20)12(18)7-9-5-6-10(15)8-11(9)16/h5-6,8,20H,4,7H2,1-3H3. The first-order chi connectivity index (χ1) is 9.70. The number of hydrogen-bond donors (Lipinski definition) is 1. The molecule has 0 atom stereocenters. The van der Waals surface area contributed by atoms with Gasteiger partial charge in [0.15, 0.2) is 5.54 Å². The fraction of sp³-hybridized carbons (Fsp3) is 0.429. The molecular formula is C14H17Cl2NO4. The van der Waals surface area contributed by atoms with E-state index in [1.54, 1.807) is 19.1 Å². The summed E-state index contributed by atoms with van der Waals surface area (Å²) >= 11 is 11.8. The molecule has 1 aromatic carbocycles. The SMILES string of the molecule is CCOC(=O)C(C)(C)N(O)C(=O)Cc1ccc(Cl)cc1Cl. The highest BCUT2D eigenvalue weighted by Crippen LogP contribution is 2.23. The van der Waals surface area contributed by atoms with E-state index in [0.29, 0.717) is 20.7 Å². The second kappa shape index (κ2) is 7.11. The van der Waals surface area contributed by atoms with Gasteiger partial charge in [-0.1, -0.05) is 29.3 Å². The highest BCUT2D eigenvalue weighted by atomic mass is 35.5. The monoisotopic (exact) mass is 333 g/mol. The van der Waals surface area contributed by atoms with E-state index in [0.717, 1.165) is 0 Å². The van der Waals surface area contributed by atoms with E-state index in [-0.39, 0.29) is 13.0 Å². The average Bonchev–Trinajstić information content (AvgIpc) is 2.41. The lowest BCUT2D eigenvalue weighted by Crippen LogP contribution is -2.52. The van der Waals surface area contributed by atoms with Gasteiger partial charge in [-0.2, -0.15) is 0 Å². The molecule has 7 heteroatoms. The molecule has 5 nitrogen and oxygen atoms in total. The van der Waals surface area contributed by atoms with Crippen molar-refractivity contribution in [1.29, 1.82) is 0 Å². The molecule has 0 aliphatic rings. The molecule has 0 spiro atoms. The normalized spacial score (nSPS) is 11.1. The first-order valence-corrected chi connectivity index (χ1v) is 7.08. The molecule has 0 aliphatic heterocycles. The van der Waals surface area contributed by atoms with Gasteiger partial charge in [-0.25, -0.2) is 9.86 Å². The number of nitrogens with zero attached hydrogens (tertiary/aromatic N) is 1. The maximum Gasteiger partial charge on any atom is 0.334 e. The van der Waals surface area contributed by atoms with Crippen LogP contribution in [0.5, 0.6) is 0 Å². The molecule has 0 bridgehead atoms. The molecule has 0 aliphatic carbocycles. The highest BCUT2D eigenvalue weighted by molar-refractivity contribution is 6.35. The summed E-state index contributed by atoms with van der Waals surface area (Å²) in [5, 5.41) is 11.1. The van der Waals surface area contributed by atoms with Crippen molar-refractivity contribution in [3.05, 3.63) is 33.8 Å². The zero-order valence-corrected chi connectivity index (χ0v) is 13.5. The summed E-state index contributed by atoms with van der Waals surface area (Å²) in [6, 6.07) is 4.69. The second-order valence-corrected chi connectivity index (χ2v) is 5.74. The number of benzene rings is 1. The van der Waals surface area contributed by atoms with Crippen LogP contribution < -0.4 is 0 Å². The minimum absolute atomic E-state index is 0.157. The lowest BCUT2D eigenvalue weighted by atomic mass is 10.0. The van der Waals surface area contributed by atoms with E-state index in [2.05, 4.69) is 0 Å². The van der Waals surface area contributed by atoms with Crippen LogP contribution in [0.3, 0.4) is 0 Å². The lowest BCUT2D eigenvalue weighted by Gasteiger charge is -2.30. The van der Waals surface area contributed by atoms with E-state index < -0.39 is 17.4 Å². The van der Waals surface area contributed by atoms with Gasteiger partial charge in [-0.15, -0.1) is 0 Å². The second-order valence-electron chi connectivity index (χ2n) is 4.90. The summed E-state index contributed by atoms with van der Waals surface area (Å²) in [5.41, 5.74) is -0.976. The third-order valence-electron chi connectivity index (χ3n) is 2.90. The fourth-order valence-corrected chi connectivity index (χ4v) is 2.08. The highest BCUT2D eigenvalue weighted by Gasteiger charge is 2.38. The maximum atomic E-state index is 12.1. The minimum Gasteiger partial charge on any atom is -0.464 e. The zero-order valence-electron chi connectivity index (χ0n) is 12.0. The summed E-state index contributed by atoms with van der Waals surface area (Å²) in [5.74, 6) is -1.36. The largest absolute Gasteiger partial charge is 0.464 e. The summed E-state index contributed by atoms with van der Waals surface area (Å²) < 4.78 is 4.83. The van der Waals surface area contributed by atoms with Crippen molar-refractivity contribution in [3.63, 3.8) is 0 Å². The first-order valence-electron chi connectivity index (χ1n) is 6.33. The van der Waals surface area contributed by atoms with E-state index in [1.165, 1.54) is 19.9 Å². The number of esters is 1. The number of carbonyl (C=O) groups is 2. The number of ether oxygens (including phenoxy) is 1. The Balaban J connectivity index is 2.85. The number of carbonyl (C=O) groups excluding carboxylic acids is 2. The number of amides is 1. The van der Waals surface area contributed by atoms with Crippen molar-refractivity contribution in [2.45, 2.75) is 32.7 Å². The maximum absolute atomic E-state index is 12.1. The molecule has 1 N–H and O–H groups in total. The first kappa shape index (κ1) is 17.8. The molecule has 0 fully saturated rings. The molecule has 0 saturated heterocycles. The van der Waals surface area contributed by atoms with Gasteiger partial charge in [0.25, 0.3) is 5.91 Å². The smallest absolute Gasteiger partial charge is 0.334 e. The predicted molar refractivity (Wildman–Crippen MR) is 79.5 cm³/mol. The molecule has 21 heavy (non-hydrogen) atoms. The van der Waals surface area contributed by atoms with Gasteiger partial charge < -0.3 is 4.74 Å². The Morgan fingerprint density at radius 1 is 1.33 bits per heavy atom. The molecule has 0 saturated carbocycles. The van der Waals surface area contributed by atoms with Crippen LogP contribution in [0.15, 0.2) is 18.2 Å². The Morgan fingerprint density at radius 2 is 1.95 bits per heavy atom. The Labute approximate surface area is 133 Å². The van der Waals surface area contributed by atoms with Crippen molar-refractivity contribution < 1.29 is 19.5 Å². The summed E-state index contributed by atoms with van der Waals surface area (Å²) in [6.07, 6.45) is -0.157. The van der Waals surface area contributed by atoms with Gasteiger partial charge in [-0.3, -0.25) is 10.0 Å². The molecule has 0 unspecified atom stereocenters. The third kappa shape index (κ3) is 4.33. The minimum atomic E-state index is -1.48. The van der Waals surface area contributed by atoms with Crippen LogP contribution in [0.25, 0.3) is 0 Å². The lowest BCUT2D eigenvalue weighted by molar-refractivity contribution is -0.202. The van der Waals surface area contributed by atoms with Gasteiger partial charge in [0, 0.05) is 10.0 Å². The van der Waals surface area contributed by atoms with Crippen LogP contribution in [0, 0.1) is 0 Å². The topological polar surface area (TPSA) is 66.8 Å². The van der Waals surface area contributed by atoms with Crippen molar-refractivity contribution in [1.82, 2.24) is 5.06 Å². The van der Waals surface area contributed by atoms with E-state index in [1.807, 2.05) is 0 Å². The van der Waals surface area contributed by atoms with Crippen LogP contribution in [-0.4, -0.2) is 34.3 Å². The molecule has 116 valence electrons. The molecule has 1 aromatic rings. The van der Waals surface area contributed by atoms with Crippen LogP contribution in [0.1, 0.15) is 26.3 Å². The molecule has 0 heterocycles. The van der Waals surface area contributed by atoms with Crippen LogP contribution >= 0.6 is 23.2 Å². The molecule has 1 rings (SSSR count). The van der Waals surface area contributed by atoms with Gasteiger partial charge in [-0.05, 0) is 38.5 Å². The van der Waals surface area contributed by atoms with Gasteiger partial charge in [0.05, 0.1) is 13.0 Å². The van der Waals surface area contributed by atoms with Gasteiger partial charge in [0.2, 0.25) is 0 Å². The van der Waals surface area contributed by atoms with Crippen molar-refractivity contribution in [2.24, 2.45) is 0 Å².